The number of hydrogen-bond donors (Lipinski definition) is 1. The van der Waals surface area contributed by atoms with Gasteiger partial charge in [0.1, 0.15) is 11.4 Å². The number of aromatic nitrogens is 3. The van der Waals surface area contributed by atoms with Crippen LogP contribution < -0.4 is 15.0 Å². The smallest absolute Gasteiger partial charge is 0.444 e. The van der Waals surface area contributed by atoms with Gasteiger partial charge in [0.2, 0.25) is 0 Å². The van der Waals surface area contributed by atoms with Gasteiger partial charge in [0, 0.05) is 19.3 Å². The van der Waals surface area contributed by atoms with Gasteiger partial charge >= 0.3 is 12.5 Å². The molecule has 1 aliphatic heterocycles. The molecule has 2 aromatic heterocycles. The van der Waals surface area contributed by atoms with Crippen LogP contribution in [-0.2, 0) is 11.3 Å². The number of carbonyl (C=O) groups is 1. The number of hydrogen-bond acceptors (Lipinski definition) is 7. The maximum absolute atomic E-state index is 12.5. The molecule has 0 unspecified atom stereocenters. The highest BCUT2D eigenvalue weighted by molar-refractivity contribution is 5.93. The first-order valence-electron chi connectivity index (χ1n) is 10.8. The molecule has 4 rings (SSSR count). The Bertz CT molecular complexity index is 1270. The zero-order valence-corrected chi connectivity index (χ0v) is 19.3. The minimum absolute atomic E-state index is 0.0297. The number of amides is 1. The second-order valence-electron chi connectivity index (χ2n) is 9.02. The Balaban J connectivity index is 1.70. The van der Waals surface area contributed by atoms with E-state index in [-0.39, 0.29) is 18.2 Å². The van der Waals surface area contributed by atoms with Crippen LogP contribution in [0.15, 0.2) is 36.5 Å². The number of carbonyl (C=O) groups excluding carboxylic acids is 1. The Morgan fingerprint density at radius 2 is 1.89 bits per heavy atom. The molecular weight excluding hydrogens is 465 g/mol. The third-order valence-electron chi connectivity index (χ3n) is 5.14. The van der Waals surface area contributed by atoms with Crippen LogP contribution in [0, 0.1) is 17.2 Å². The number of ether oxygens (including phenoxy) is 2. The second-order valence-corrected chi connectivity index (χ2v) is 9.02. The van der Waals surface area contributed by atoms with Gasteiger partial charge in [-0.15, -0.1) is 13.2 Å². The van der Waals surface area contributed by atoms with Crippen molar-refractivity contribution in [1.29, 1.82) is 5.26 Å². The van der Waals surface area contributed by atoms with Crippen LogP contribution in [0.25, 0.3) is 16.7 Å². The Morgan fingerprint density at radius 1 is 1.20 bits per heavy atom. The summed E-state index contributed by atoms with van der Waals surface area (Å²) >= 11 is 0. The number of pyridine rings is 1. The van der Waals surface area contributed by atoms with Crippen molar-refractivity contribution in [3.8, 4) is 17.5 Å². The van der Waals surface area contributed by atoms with Crippen molar-refractivity contribution in [1.82, 2.24) is 20.1 Å². The molecule has 1 fully saturated rings. The molecular formula is C23H23F3N6O3. The van der Waals surface area contributed by atoms with E-state index in [4.69, 9.17) is 10.00 Å². The normalized spacial score (nSPS) is 14.4. The van der Waals surface area contributed by atoms with Crippen LogP contribution in [-0.4, -0.2) is 45.9 Å². The fraction of sp³-hybridized carbons (Fsp3) is 0.391. The lowest BCUT2D eigenvalue weighted by Gasteiger charge is -2.37. The number of alkyl halides is 3. The third kappa shape index (κ3) is 5.56. The van der Waals surface area contributed by atoms with Crippen LogP contribution >= 0.6 is 0 Å². The van der Waals surface area contributed by atoms with E-state index in [1.54, 1.807) is 33.0 Å². The second kappa shape index (κ2) is 8.98. The lowest BCUT2D eigenvalue weighted by Crippen LogP contribution is -2.46. The molecule has 1 N–H and O–H groups in total. The van der Waals surface area contributed by atoms with Crippen molar-refractivity contribution in [2.24, 2.45) is 5.92 Å². The lowest BCUT2D eigenvalue weighted by atomic mass is 10.0. The molecule has 3 aromatic rings. The van der Waals surface area contributed by atoms with Crippen LogP contribution in [0.3, 0.4) is 0 Å². The Labute approximate surface area is 199 Å². The SMILES string of the molecule is CC(C)(C)OC(=O)NCc1nn(-c2ccc(OC(F)(F)F)cc2)c2nccc(N3CC(C#N)C3)c12. The summed E-state index contributed by atoms with van der Waals surface area (Å²) < 4.78 is 48.3. The van der Waals surface area contributed by atoms with Crippen molar-refractivity contribution in [3.05, 3.63) is 42.2 Å². The average Bonchev–Trinajstić information content (AvgIpc) is 3.09. The third-order valence-corrected chi connectivity index (χ3v) is 5.14. The molecule has 12 heteroatoms. The van der Waals surface area contributed by atoms with Crippen LogP contribution in [0.5, 0.6) is 5.75 Å². The fourth-order valence-electron chi connectivity index (χ4n) is 3.68. The van der Waals surface area contributed by atoms with Crippen molar-refractivity contribution in [2.45, 2.75) is 39.3 Å². The van der Waals surface area contributed by atoms with E-state index >= 15 is 0 Å². The number of rotatable bonds is 5. The fourth-order valence-corrected chi connectivity index (χ4v) is 3.68. The molecule has 1 amide bonds. The Kier molecular flexibility index (Phi) is 6.19. The molecule has 1 saturated heterocycles. The quantitative estimate of drug-likeness (QED) is 0.571. The van der Waals surface area contributed by atoms with E-state index in [1.165, 1.54) is 28.9 Å². The highest BCUT2D eigenvalue weighted by atomic mass is 19.4. The van der Waals surface area contributed by atoms with Crippen molar-refractivity contribution in [2.75, 3.05) is 18.0 Å². The zero-order chi connectivity index (χ0) is 25.4. The van der Waals surface area contributed by atoms with Gasteiger partial charge in [-0.2, -0.15) is 10.4 Å². The number of halogens is 3. The minimum Gasteiger partial charge on any atom is -0.444 e. The summed E-state index contributed by atoms with van der Waals surface area (Å²) in [6.07, 6.45) is -3.82. The van der Waals surface area contributed by atoms with Gasteiger partial charge in [-0.25, -0.2) is 14.5 Å². The van der Waals surface area contributed by atoms with Gasteiger partial charge in [-0.05, 0) is 51.1 Å². The van der Waals surface area contributed by atoms with Crippen LogP contribution in [0.2, 0.25) is 0 Å². The van der Waals surface area contributed by atoms with Crippen molar-refractivity contribution in [3.63, 3.8) is 0 Å². The van der Waals surface area contributed by atoms with Crippen molar-refractivity contribution < 1.29 is 27.4 Å². The Hall–Kier alpha value is -4.01. The molecule has 0 bridgehead atoms. The van der Waals surface area contributed by atoms with Gasteiger partial charge in [0.25, 0.3) is 0 Å². The summed E-state index contributed by atoms with van der Waals surface area (Å²) in [5, 5.41) is 17.1. The Morgan fingerprint density at radius 3 is 2.49 bits per heavy atom. The lowest BCUT2D eigenvalue weighted by molar-refractivity contribution is -0.274. The van der Waals surface area contributed by atoms with Crippen LogP contribution in [0.4, 0.5) is 23.7 Å². The predicted molar refractivity (Wildman–Crippen MR) is 120 cm³/mol. The first-order chi connectivity index (χ1) is 16.4. The number of nitrogens with zero attached hydrogens (tertiary/aromatic N) is 5. The molecule has 0 spiro atoms. The molecule has 1 aromatic carbocycles. The zero-order valence-electron chi connectivity index (χ0n) is 19.3. The van der Waals surface area contributed by atoms with Crippen molar-refractivity contribution >= 4 is 22.8 Å². The largest absolute Gasteiger partial charge is 0.573 e. The summed E-state index contributed by atoms with van der Waals surface area (Å²) in [6, 6.07) is 9.28. The van der Waals surface area contributed by atoms with Gasteiger partial charge in [-0.3, -0.25) is 0 Å². The summed E-state index contributed by atoms with van der Waals surface area (Å²) in [7, 11) is 0. The molecule has 0 saturated carbocycles. The first kappa shape index (κ1) is 24.1. The average molecular weight is 488 g/mol. The molecule has 1 aliphatic rings. The van der Waals surface area contributed by atoms with Crippen LogP contribution in [0.1, 0.15) is 26.5 Å². The van der Waals surface area contributed by atoms with Gasteiger partial charge in [-0.1, -0.05) is 0 Å². The highest BCUT2D eigenvalue weighted by Gasteiger charge is 2.32. The maximum Gasteiger partial charge on any atom is 0.573 e. The number of anilines is 1. The molecule has 0 aliphatic carbocycles. The molecule has 9 nitrogen and oxygen atoms in total. The number of benzene rings is 1. The number of nitriles is 1. The van der Waals surface area contributed by atoms with Gasteiger partial charge < -0.3 is 19.7 Å². The summed E-state index contributed by atoms with van der Waals surface area (Å²) in [5.41, 5.74) is 1.52. The first-order valence-corrected chi connectivity index (χ1v) is 10.8. The van der Waals surface area contributed by atoms with E-state index in [0.29, 0.717) is 35.5 Å². The van der Waals surface area contributed by atoms with E-state index in [0.717, 1.165) is 5.69 Å². The minimum atomic E-state index is -4.80. The molecule has 0 radical (unpaired) electrons. The van der Waals surface area contributed by atoms with E-state index in [9.17, 15) is 18.0 Å². The molecule has 184 valence electrons. The highest BCUT2D eigenvalue weighted by Crippen LogP contribution is 2.34. The monoisotopic (exact) mass is 488 g/mol. The maximum atomic E-state index is 12.5. The van der Waals surface area contributed by atoms with Gasteiger partial charge in [0.15, 0.2) is 5.65 Å². The summed E-state index contributed by atoms with van der Waals surface area (Å²) in [6.45, 7) is 6.37. The van der Waals surface area contributed by atoms with E-state index in [2.05, 4.69) is 26.2 Å². The summed E-state index contributed by atoms with van der Waals surface area (Å²) in [4.78, 5) is 18.7. The van der Waals surface area contributed by atoms with E-state index in [1.807, 2.05) is 4.90 Å². The topological polar surface area (TPSA) is 105 Å². The summed E-state index contributed by atoms with van der Waals surface area (Å²) in [5.74, 6) is -0.445. The molecule has 3 heterocycles. The number of alkyl carbamates (subject to hydrolysis) is 1. The number of nitrogens with one attached hydrogen (secondary N) is 1. The van der Waals surface area contributed by atoms with Gasteiger partial charge in [0.05, 0.1) is 41.0 Å². The molecule has 0 atom stereocenters. The standard InChI is InChI=1S/C23H23F3N6O3/c1-22(2,3)35-21(33)29-11-17-19-18(31-12-14(10-27)13-31)8-9-28-20(19)32(30-17)15-4-6-16(7-5-15)34-23(24,25)26/h4-9,14H,11-13H2,1-3H3,(H,29,33). The van der Waals surface area contributed by atoms with E-state index < -0.39 is 18.1 Å². The predicted octanol–water partition coefficient (Wildman–Crippen LogP) is 4.30. The number of fused-ring (bicyclic) bond motifs is 1. The molecule has 35 heavy (non-hydrogen) atoms.